The number of nitrogens with zero attached hydrogens (tertiary/aromatic N) is 5. The van der Waals surface area contributed by atoms with Gasteiger partial charge in [0, 0.05) is 29.9 Å². The molecule has 1 aliphatic carbocycles. The molecule has 0 radical (unpaired) electrons. The van der Waals surface area contributed by atoms with Gasteiger partial charge in [-0.2, -0.15) is 0 Å². The number of hydrogen-bond donors (Lipinski definition) is 0. The summed E-state index contributed by atoms with van der Waals surface area (Å²) < 4.78 is 2.30. The first-order valence-electron chi connectivity index (χ1n) is 10.0. The summed E-state index contributed by atoms with van der Waals surface area (Å²) in [6.45, 7) is 1.66. The van der Waals surface area contributed by atoms with Crippen LogP contribution in [-0.2, 0) is 13.1 Å². The molecule has 0 unspecified atom stereocenters. The van der Waals surface area contributed by atoms with Gasteiger partial charge in [0.2, 0.25) is 0 Å². The van der Waals surface area contributed by atoms with Crippen molar-refractivity contribution in [2.24, 2.45) is 0 Å². The van der Waals surface area contributed by atoms with Crippen LogP contribution in [0.15, 0.2) is 42.7 Å². The van der Waals surface area contributed by atoms with Gasteiger partial charge in [-0.3, -0.25) is 14.5 Å². The Kier molecular flexibility index (Phi) is 4.65. The highest BCUT2D eigenvalue weighted by atomic mass is 35.5. The lowest BCUT2D eigenvalue weighted by Crippen LogP contribution is -2.17. The molecule has 0 saturated heterocycles. The largest absolute Gasteiger partial charge is 0.295 e. The van der Waals surface area contributed by atoms with E-state index in [2.05, 4.69) is 49.9 Å². The summed E-state index contributed by atoms with van der Waals surface area (Å²) in [7, 11) is 2.12. The summed E-state index contributed by atoms with van der Waals surface area (Å²) >= 11 is 6.28. The Bertz CT molecular complexity index is 976. The van der Waals surface area contributed by atoms with Crippen LogP contribution in [-0.4, -0.2) is 31.7 Å². The molecule has 2 aromatic heterocycles. The summed E-state index contributed by atoms with van der Waals surface area (Å²) in [5.41, 5.74) is 3.78. The van der Waals surface area contributed by atoms with Gasteiger partial charge >= 0.3 is 0 Å². The molecule has 144 valence electrons. The van der Waals surface area contributed by atoms with Gasteiger partial charge in [0.1, 0.15) is 5.82 Å². The monoisotopic (exact) mass is 393 g/mol. The molecule has 0 atom stereocenters. The van der Waals surface area contributed by atoms with Crippen LogP contribution in [0.1, 0.15) is 60.3 Å². The lowest BCUT2D eigenvalue weighted by molar-refractivity contribution is 0.315. The molecule has 0 amide bonds. The Morgan fingerprint density at radius 1 is 1.00 bits per heavy atom. The minimum atomic E-state index is 0.445. The van der Waals surface area contributed by atoms with Gasteiger partial charge in [0.15, 0.2) is 5.82 Å². The molecular formula is C22H24ClN5. The Hall–Kier alpha value is -2.24. The van der Waals surface area contributed by atoms with Gasteiger partial charge in [0.25, 0.3) is 0 Å². The van der Waals surface area contributed by atoms with Crippen LogP contribution in [0.25, 0.3) is 5.69 Å². The number of aromatic nitrogens is 4. The molecule has 1 aromatic carbocycles. The first kappa shape index (κ1) is 17.8. The van der Waals surface area contributed by atoms with Gasteiger partial charge in [-0.05, 0) is 74.0 Å². The topological polar surface area (TPSA) is 46.8 Å². The number of hydrogen-bond acceptors (Lipinski definition) is 4. The van der Waals surface area contributed by atoms with Crippen molar-refractivity contribution in [3.63, 3.8) is 0 Å². The van der Waals surface area contributed by atoms with E-state index < -0.39 is 0 Å². The lowest BCUT2D eigenvalue weighted by Gasteiger charge is -2.28. The smallest absolute Gasteiger partial charge is 0.151 e. The number of benzene rings is 1. The van der Waals surface area contributed by atoms with Crippen LogP contribution in [0.2, 0.25) is 5.02 Å². The first-order valence-corrected chi connectivity index (χ1v) is 10.4. The Morgan fingerprint density at radius 3 is 2.61 bits per heavy atom. The summed E-state index contributed by atoms with van der Waals surface area (Å²) in [4.78, 5) is 6.56. The van der Waals surface area contributed by atoms with Crippen molar-refractivity contribution < 1.29 is 0 Å². The zero-order valence-corrected chi connectivity index (χ0v) is 16.8. The third-order valence-corrected chi connectivity index (χ3v) is 6.37. The predicted octanol–water partition coefficient (Wildman–Crippen LogP) is 4.70. The normalized spacial score (nSPS) is 22.4. The molecule has 5 rings (SSSR count). The van der Waals surface area contributed by atoms with Crippen LogP contribution < -0.4 is 0 Å². The maximum atomic E-state index is 6.28. The van der Waals surface area contributed by atoms with Crippen LogP contribution >= 0.6 is 11.6 Å². The SMILES string of the molecule is CN1Cc2cc(Cl)ccc2-n2c(nnc2[C@H]2CC[C@H](c3cccnc3)CC2)C1. The van der Waals surface area contributed by atoms with E-state index in [1.807, 2.05) is 24.5 Å². The maximum Gasteiger partial charge on any atom is 0.151 e. The highest BCUT2D eigenvalue weighted by Crippen LogP contribution is 2.41. The molecule has 3 heterocycles. The highest BCUT2D eigenvalue weighted by Gasteiger charge is 2.30. The van der Waals surface area contributed by atoms with E-state index in [1.54, 1.807) is 0 Å². The standard InChI is InChI=1S/C22H24ClN5/c1-27-13-18-11-19(23)8-9-20(18)28-21(14-27)25-26-22(28)16-6-4-15(5-7-16)17-3-2-10-24-12-17/h2-3,8-12,15-16H,4-7,13-14H2,1H3/t15-,16-. The zero-order chi connectivity index (χ0) is 19.1. The second kappa shape index (κ2) is 7.30. The van der Waals surface area contributed by atoms with Gasteiger partial charge in [-0.25, -0.2) is 0 Å². The quantitative estimate of drug-likeness (QED) is 0.633. The summed E-state index contributed by atoms with van der Waals surface area (Å²) in [6.07, 6.45) is 8.48. The number of halogens is 1. The highest BCUT2D eigenvalue weighted by molar-refractivity contribution is 6.30. The average Bonchev–Trinajstić information content (AvgIpc) is 3.06. The van der Waals surface area contributed by atoms with E-state index in [0.717, 1.165) is 42.6 Å². The van der Waals surface area contributed by atoms with E-state index in [0.29, 0.717) is 11.8 Å². The fraction of sp³-hybridized carbons (Fsp3) is 0.409. The number of fused-ring (bicyclic) bond motifs is 3. The van der Waals surface area contributed by atoms with Gasteiger partial charge in [-0.1, -0.05) is 17.7 Å². The second-order valence-corrected chi connectivity index (χ2v) is 8.53. The fourth-order valence-electron chi connectivity index (χ4n) is 4.75. The van der Waals surface area contributed by atoms with Crippen molar-refractivity contribution in [3.8, 4) is 5.69 Å². The van der Waals surface area contributed by atoms with Gasteiger partial charge in [0.05, 0.1) is 12.2 Å². The minimum Gasteiger partial charge on any atom is -0.295 e. The fourth-order valence-corrected chi connectivity index (χ4v) is 4.94. The van der Waals surface area contributed by atoms with Crippen molar-refractivity contribution in [1.29, 1.82) is 0 Å². The molecule has 28 heavy (non-hydrogen) atoms. The molecule has 0 bridgehead atoms. The molecule has 1 aliphatic heterocycles. The second-order valence-electron chi connectivity index (χ2n) is 8.09. The van der Waals surface area contributed by atoms with Crippen LogP contribution in [0.3, 0.4) is 0 Å². The van der Waals surface area contributed by atoms with Crippen molar-refractivity contribution in [2.75, 3.05) is 7.05 Å². The van der Waals surface area contributed by atoms with Gasteiger partial charge in [-0.15, -0.1) is 10.2 Å². The van der Waals surface area contributed by atoms with Crippen LogP contribution in [0, 0.1) is 0 Å². The number of rotatable bonds is 2. The molecule has 6 heteroatoms. The van der Waals surface area contributed by atoms with Crippen LogP contribution in [0.4, 0.5) is 0 Å². The van der Waals surface area contributed by atoms with Crippen molar-refractivity contribution in [3.05, 3.63) is 70.5 Å². The molecule has 0 spiro atoms. The van der Waals surface area contributed by atoms with E-state index in [-0.39, 0.29) is 0 Å². The summed E-state index contributed by atoms with van der Waals surface area (Å²) in [6, 6.07) is 10.4. The predicted molar refractivity (Wildman–Crippen MR) is 110 cm³/mol. The Labute approximate surface area is 170 Å². The number of pyridine rings is 1. The van der Waals surface area contributed by atoms with Crippen LogP contribution in [0.5, 0.6) is 0 Å². The molecule has 1 fully saturated rings. The minimum absolute atomic E-state index is 0.445. The van der Waals surface area contributed by atoms with E-state index in [9.17, 15) is 0 Å². The third kappa shape index (κ3) is 3.23. The lowest BCUT2D eigenvalue weighted by atomic mass is 9.79. The Balaban J connectivity index is 1.45. The van der Waals surface area contributed by atoms with E-state index >= 15 is 0 Å². The molecular weight excluding hydrogens is 370 g/mol. The van der Waals surface area contributed by atoms with E-state index in [1.165, 1.54) is 29.7 Å². The third-order valence-electron chi connectivity index (χ3n) is 6.14. The summed E-state index contributed by atoms with van der Waals surface area (Å²) in [5.74, 6) is 3.18. The Morgan fingerprint density at radius 2 is 1.82 bits per heavy atom. The molecule has 1 saturated carbocycles. The van der Waals surface area contributed by atoms with Gasteiger partial charge < -0.3 is 0 Å². The maximum absolute atomic E-state index is 6.28. The van der Waals surface area contributed by atoms with E-state index in [4.69, 9.17) is 11.6 Å². The molecule has 0 N–H and O–H groups in total. The molecule has 5 nitrogen and oxygen atoms in total. The van der Waals surface area contributed by atoms with Crippen molar-refractivity contribution in [1.82, 2.24) is 24.6 Å². The average molecular weight is 394 g/mol. The summed E-state index contributed by atoms with van der Waals surface area (Å²) in [5, 5.41) is 10.0. The molecule has 2 aliphatic rings. The molecule has 3 aromatic rings. The van der Waals surface area contributed by atoms with Crippen molar-refractivity contribution in [2.45, 2.75) is 50.6 Å². The first-order chi connectivity index (χ1) is 13.7. The van der Waals surface area contributed by atoms with Crippen molar-refractivity contribution >= 4 is 11.6 Å². The zero-order valence-electron chi connectivity index (χ0n) is 16.1.